The van der Waals surface area contributed by atoms with Crippen LogP contribution in [0.5, 0.6) is 0 Å². The first-order valence-corrected chi connectivity index (χ1v) is 5.07. The second-order valence-corrected chi connectivity index (χ2v) is 4.22. The number of aliphatic carboxylic acids is 1. The molecule has 3 nitrogen and oxygen atoms in total. The van der Waals surface area contributed by atoms with Crippen LogP contribution in [0, 0.1) is 17.8 Å². The summed E-state index contributed by atoms with van der Waals surface area (Å²) < 4.78 is 5.30. The summed E-state index contributed by atoms with van der Waals surface area (Å²) in [5.41, 5.74) is 0. The van der Waals surface area contributed by atoms with Crippen LogP contribution in [0.3, 0.4) is 0 Å². The molecule has 2 rings (SSSR count). The van der Waals surface area contributed by atoms with Gasteiger partial charge in [-0.15, -0.1) is 0 Å². The lowest BCUT2D eigenvalue weighted by Crippen LogP contribution is -2.20. The molecular weight excluding hydrogens is 168 g/mol. The zero-order valence-electron chi connectivity index (χ0n) is 7.74. The van der Waals surface area contributed by atoms with E-state index >= 15 is 0 Å². The Morgan fingerprint density at radius 1 is 1.38 bits per heavy atom. The Hall–Kier alpha value is -0.570. The van der Waals surface area contributed by atoms with Crippen LogP contribution in [0.2, 0.25) is 0 Å². The van der Waals surface area contributed by atoms with E-state index in [9.17, 15) is 4.79 Å². The van der Waals surface area contributed by atoms with Crippen LogP contribution in [-0.2, 0) is 9.53 Å². The van der Waals surface area contributed by atoms with Crippen molar-refractivity contribution in [3.05, 3.63) is 0 Å². The lowest BCUT2D eigenvalue weighted by molar-refractivity contribution is -0.138. The highest BCUT2D eigenvalue weighted by atomic mass is 16.5. The van der Waals surface area contributed by atoms with E-state index in [0.717, 1.165) is 19.6 Å². The van der Waals surface area contributed by atoms with Crippen LogP contribution < -0.4 is 0 Å². The molecule has 2 aliphatic rings. The molecular formula is C10H16O3. The van der Waals surface area contributed by atoms with Crippen LogP contribution in [0.15, 0.2) is 0 Å². The van der Waals surface area contributed by atoms with E-state index in [4.69, 9.17) is 9.84 Å². The zero-order chi connectivity index (χ0) is 9.26. The molecule has 1 saturated carbocycles. The molecule has 13 heavy (non-hydrogen) atoms. The summed E-state index contributed by atoms with van der Waals surface area (Å²) >= 11 is 0. The van der Waals surface area contributed by atoms with Gasteiger partial charge >= 0.3 is 5.97 Å². The van der Waals surface area contributed by atoms with Crippen molar-refractivity contribution in [3.8, 4) is 0 Å². The van der Waals surface area contributed by atoms with Gasteiger partial charge in [0.2, 0.25) is 0 Å². The van der Waals surface area contributed by atoms with Crippen molar-refractivity contribution >= 4 is 5.97 Å². The third-order valence-electron chi connectivity index (χ3n) is 3.21. The average Bonchev–Trinajstić information content (AvgIpc) is 2.77. The van der Waals surface area contributed by atoms with Gasteiger partial charge in [0.15, 0.2) is 0 Å². The Labute approximate surface area is 78.1 Å². The first-order valence-electron chi connectivity index (χ1n) is 5.07. The Bertz CT molecular complexity index is 192. The normalized spacial score (nSPS) is 30.3. The summed E-state index contributed by atoms with van der Waals surface area (Å²) in [6, 6.07) is 0. The molecule has 0 spiro atoms. The summed E-state index contributed by atoms with van der Waals surface area (Å²) in [7, 11) is 0. The molecule has 2 atom stereocenters. The molecule has 0 radical (unpaired) electrons. The van der Waals surface area contributed by atoms with Gasteiger partial charge in [-0.3, -0.25) is 4.79 Å². The van der Waals surface area contributed by atoms with Gasteiger partial charge in [0.1, 0.15) is 0 Å². The Morgan fingerprint density at radius 2 is 2.15 bits per heavy atom. The molecule has 1 N–H and O–H groups in total. The highest BCUT2D eigenvalue weighted by Crippen LogP contribution is 2.44. The quantitative estimate of drug-likeness (QED) is 0.720. The number of rotatable bonds is 4. The molecule has 0 aromatic rings. The molecule has 1 saturated heterocycles. The van der Waals surface area contributed by atoms with Gasteiger partial charge in [-0.05, 0) is 37.0 Å². The highest BCUT2D eigenvalue weighted by Gasteiger charge is 2.38. The van der Waals surface area contributed by atoms with Crippen molar-refractivity contribution in [3.63, 3.8) is 0 Å². The van der Waals surface area contributed by atoms with Crippen molar-refractivity contribution in [1.29, 1.82) is 0 Å². The predicted octanol–water partition coefficient (Wildman–Crippen LogP) is 1.52. The number of hydrogen-bond donors (Lipinski definition) is 1. The van der Waals surface area contributed by atoms with Gasteiger partial charge in [-0.1, -0.05) is 0 Å². The fourth-order valence-electron chi connectivity index (χ4n) is 2.33. The van der Waals surface area contributed by atoms with E-state index in [0.29, 0.717) is 24.2 Å². The van der Waals surface area contributed by atoms with Gasteiger partial charge < -0.3 is 9.84 Å². The maximum atomic E-state index is 10.7. The summed E-state index contributed by atoms with van der Waals surface area (Å²) in [5.74, 6) is 0.940. The van der Waals surface area contributed by atoms with Crippen LogP contribution in [0.25, 0.3) is 0 Å². The van der Waals surface area contributed by atoms with Gasteiger partial charge in [-0.2, -0.15) is 0 Å². The number of carboxylic acid groups (broad SMARTS) is 1. The smallest absolute Gasteiger partial charge is 0.303 e. The fraction of sp³-hybridized carbons (Fsp3) is 0.900. The first-order chi connectivity index (χ1) is 6.27. The fourth-order valence-corrected chi connectivity index (χ4v) is 2.33. The Kier molecular flexibility index (Phi) is 2.54. The molecule has 0 aromatic carbocycles. The summed E-state index contributed by atoms with van der Waals surface area (Å²) in [5, 5.41) is 8.78. The molecule has 1 aliphatic carbocycles. The second-order valence-electron chi connectivity index (χ2n) is 4.22. The van der Waals surface area contributed by atoms with E-state index in [1.165, 1.54) is 12.8 Å². The van der Waals surface area contributed by atoms with Gasteiger partial charge in [0.05, 0.1) is 0 Å². The van der Waals surface area contributed by atoms with Gasteiger partial charge in [0, 0.05) is 19.6 Å². The van der Waals surface area contributed by atoms with Crippen LogP contribution in [0.4, 0.5) is 0 Å². The Morgan fingerprint density at radius 3 is 2.62 bits per heavy atom. The van der Waals surface area contributed by atoms with Crippen LogP contribution in [0.1, 0.15) is 25.7 Å². The minimum Gasteiger partial charge on any atom is -0.481 e. The molecule has 74 valence electrons. The molecule has 0 bridgehead atoms. The lowest BCUT2D eigenvalue weighted by Gasteiger charge is -2.19. The monoisotopic (exact) mass is 184 g/mol. The minimum atomic E-state index is -0.649. The van der Waals surface area contributed by atoms with Crippen LogP contribution in [-0.4, -0.2) is 24.3 Å². The zero-order valence-corrected chi connectivity index (χ0v) is 7.74. The molecule has 2 unspecified atom stereocenters. The van der Waals surface area contributed by atoms with Gasteiger partial charge in [-0.25, -0.2) is 0 Å². The lowest BCUT2D eigenvalue weighted by atomic mass is 9.85. The molecule has 0 aromatic heterocycles. The molecule has 0 amide bonds. The second kappa shape index (κ2) is 3.66. The number of carbonyl (C=O) groups is 1. The Balaban J connectivity index is 1.91. The van der Waals surface area contributed by atoms with E-state index in [1.54, 1.807) is 0 Å². The number of carboxylic acids is 1. The SMILES string of the molecule is O=C(O)CC(C1CC1)C1CCOC1. The standard InChI is InChI=1S/C10H16O3/c11-10(12)5-9(7-1-2-7)8-3-4-13-6-8/h7-9H,1-6H2,(H,11,12). The van der Waals surface area contributed by atoms with E-state index in [-0.39, 0.29) is 0 Å². The summed E-state index contributed by atoms with van der Waals surface area (Å²) in [6.07, 6.45) is 3.87. The predicted molar refractivity (Wildman–Crippen MR) is 47.4 cm³/mol. The van der Waals surface area contributed by atoms with Crippen molar-refractivity contribution in [2.75, 3.05) is 13.2 Å². The largest absolute Gasteiger partial charge is 0.481 e. The van der Waals surface area contributed by atoms with Crippen molar-refractivity contribution in [2.45, 2.75) is 25.7 Å². The van der Waals surface area contributed by atoms with Crippen molar-refractivity contribution in [1.82, 2.24) is 0 Å². The molecule has 2 fully saturated rings. The maximum absolute atomic E-state index is 10.7. The number of ether oxygens (including phenoxy) is 1. The van der Waals surface area contributed by atoms with Crippen LogP contribution >= 0.6 is 0 Å². The van der Waals surface area contributed by atoms with Crippen molar-refractivity contribution < 1.29 is 14.6 Å². The molecule has 1 heterocycles. The third kappa shape index (κ3) is 2.21. The topological polar surface area (TPSA) is 46.5 Å². The van der Waals surface area contributed by atoms with E-state index in [2.05, 4.69) is 0 Å². The third-order valence-corrected chi connectivity index (χ3v) is 3.21. The average molecular weight is 184 g/mol. The summed E-state index contributed by atoms with van der Waals surface area (Å²) in [6.45, 7) is 1.61. The van der Waals surface area contributed by atoms with E-state index < -0.39 is 5.97 Å². The maximum Gasteiger partial charge on any atom is 0.303 e. The molecule has 1 aliphatic heterocycles. The highest BCUT2D eigenvalue weighted by molar-refractivity contribution is 5.67. The molecule has 3 heteroatoms. The number of hydrogen-bond acceptors (Lipinski definition) is 2. The minimum absolute atomic E-state index is 0.346. The van der Waals surface area contributed by atoms with Gasteiger partial charge in [0.25, 0.3) is 0 Å². The first kappa shape index (κ1) is 9.00. The summed E-state index contributed by atoms with van der Waals surface area (Å²) in [4.78, 5) is 10.7. The van der Waals surface area contributed by atoms with Crippen molar-refractivity contribution in [2.24, 2.45) is 17.8 Å². The van der Waals surface area contributed by atoms with E-state index in [1.807, 2.05) is 0 Å².